The van der Waals surface area contributed by atoms with Gasteiger partial charge in [-0.25, -0.2) is 5.84 Å². The van der Waals surface area contributed by atoms with Crippen LogP contribution in [0.3, 0.4) is 0 Å². The van der Waals surface area contributed by atoms with Crippen LogP contribution in [-0.4, -0.2) is 40.6 Å². The maximum Gasteiger partial charge on any atom is 0.235 e. The lowest BCUT2D eigenvalue weighted by atomic mass is 10.00. The molecule has 0 saturated carbocycles. The zero-order chi connectivity index (χ0) is 10.8. The van der Waals surface area contributed by atoms with Crippen LogP contribution in [-0.2, 0) is 4.79 Å². The first-order valence-corrected chi connectivity index (χ1v) is 5.64. The monoisotopic (exact) mass is 213 g/mol. The summed E-state index contributed by atoms with van der Waals surface area (Å²) in [7, 11) is 0. The van der Waals surface area contributed by atoms with E-state index in [1.54, 1.807) is 0 Å². The zero-order valence-electron chi connectivity index (χ0n) is 8.85. The summed E-state index contributed by atoms with van der Waals surface area (Å²) in [5.74, 6) is 4.93. The highest BCUT2D eigenvalue weighted by Crippen LogP contribution is 2.35. The van der Waals surface area contributed by atoms with Crippen molar-refractivity contribution in [3.05, 3.63) is 0 Å². The number of piperidine rings is 1. The van der Waals surface area contributed by atoms with Crippen molar-refractivity contribution in [2.45, 2.75) is 50.3 Å². The van der Waals surface area contributed by atoms with Gasteiger partial charge in [0.25, 0.3) is 0 Å². The lowest BCUT2D eigenvalue weighted by Crippen LogP contribution is -2.46. The van der Waals surface area contributed by atoms with Crippen LogP contribution in [0, 0.1) is 0 Å². The smallest absolute Gasteiger partial charge is 0.235 e. The van der Waals surface area contributed by atoms with Crippen molar-refractivity contribution >= 4 is 5.91 Å². The number of nitrogens with one attached hydrogen (secondary N) is 1. The summed E-state index contributed by atoms with van der Waals surface area (Å²) >= 11 is 0. The Hall–Kier alpha value is -0.650. The van der Waals surface area contributed by atoms with E-state index >= 15 is 0 Å². The molecular weight excluding hydrogens is 194 g/mol. The molecule has 5 nitrogen and oxygen atoms in total. The molecule has 86 valence electrons. The van der Waals surface area contributed by atoms with E-state index in [9.17, 15) is 9.90 Å². The van der Waals surface area contributed by atoms with Gasteiger partial charge in [-0.05, 0) is 25.7 Å². The molecule has 0 radical (unpaired) electrons. The number of carbonyl (C=O) groups excluding carboxylic acids is 1. The minimum absolute atomic E-state index is 0.111. The molecule has 1 amide bonds. The summed E-state index contributed by atoms with van der Waals surface area (Å²) in [6.45, 7) is 0.769. The minimum Gasteiger partial charge on any atom is -0.393 e. The molecule has 0 spiro atoms. The van der Waals surface area contributed by atoms with Gasteiger partial charge < -0.3 is 5.11 Å². The molecule has 15 heavy (non-hydrogen) atoms. The number of carbonyl (C=O) groups is 1. The maximum absolute atomic E-state index is 11.0. The van der Waals surface area contributed by atoms with Gasteiger partial charge in [0.1, 0.15) is 0 Å². The molecule has 2 fully saturated rings. The quantitative estimate of drug-likeness (QED) is 0.331. The van der Waals surface area contributed by atoms with Crippen molar-refractivity contribution in [2.75, 3.05) is 6.54 Å². The summed E-state index contributed by atoms with van der Waals surface area (Å²) in [6.07, 6.45) is 4.36. The Morgan fingerprint density at radius 3 is 2.53 bits per heavy atom. The van der Waals surface area contributed by atoms with Gasteiger partial charge in [-0.2, -0.15) is 0 Å². The Kier molecular flexibility index (Phi) is 3.23. The summed E-state index contributed by atoms with van der Waals surface area (Å²) in [5, 5.41) is 9.61. The van der Waals surface area contributed by atoms with Crippen LogP contribution in [0.4, 0.5) is 0 Å². The number of hydrogen-bond donors (Lipinski definition) is 3. The lowest BCUT2D eigenvalue weighted by molar-refractivity contribution is -0.121. The summed E-state index contributed by atoms with van der Waals surface area (Å²) in [6, 6.07) is 0.952. The molecule has 0 aromatic carbocycles. The second-order valence-electron chi connectivity index (χ2n) is 4.57. The number of amides is 1. The van der Waals surface area contributed by atoms with E-state index in [0.29, 0.717) is 18.5 Å². The van der Waals surface area contributed by atoms with Gasteiger partial charge >= 0.3 is 0 Å². The molecule has 4 N–H and O–H groups in total. The van der Waals surface area contributed by atoms with E-state index < -0.39 is 0 Å². The van der Waals surface area contributed by atoms with Crippen LogP contribution in [0.25, 0.3) is 0 Å². The number of nitrogens with two attached hydrogens (primary N) is 1. The first-order valence-electron chi connectivity index (χ1n) is 5.64. The molecule has 2 rings (SSSR count). The van der Waals surface area contributed by atoms with Crippen molar-refractivity contribution in [3.8, 4) is 0 Å². The zero-order valence-corrected chi connectivity index (χ0v) is 8.85. The van der Waals surface area contributed by atoms with Crippen molar-refractivity contribution in [3.63, 3.8) is 0 Å². The summed E-state index contributed by atoms with van der Waals surface area (Å²) in [4.78, 5) is 13.4. The second-order valence-corrected chi connectivity index (χ2v) is 4.57. The van der Waals surface area contributed by atoms with Gasteiger partial charge in [0.2, 0.25) is 5.91 Å². The van der Waals surface area contributed by atoms with Crippen LogP contribution in [0.5, 0.6) is 0 Å². The van der Waals surface area contributed by atoms with Crippen LogP contribution < -0.4 is 11.3 Å². The van der Waals surface area contributed by atoms with E-state index in [1.807, 2.05) is 0 Å². The number of hydrazine groups is 1. The van der Waals surface area contributed by atoms with Crippen molar-refractivity contribution < 1.29 is 9.90 Å². The van der Waals surface area contributed by atoms with E-state index in [1.165, 1.54) is 0 Å². The van der Waals surface area contributed by atoms with E-state index in [0.717, 1.165) is 32.2 Å². The Bertz CT molecular complexity index is 233. The fourth-order valence-corrected chi connectivity index (χ4v) is 2.91. The molecule has 2 heterocycles. The average molecular weight is 213 g/mol. The fourth-order valence-electron chi connectivity index (χ4n) is 2.91. The SMILES string of the molecule is NNC(=O)CCN1C2CCC1CC(O)C2. The van der Waals surface area contributed by atoms with E-state index in [2.05, 4.69) is 10.3 Å². The highest BCUT2D eigenvalue weighted by atomic mass is 16.3. The highest BCUT2D eigenvalue weighted by molar-refractivity contribution is 5.75. The summed E-state index contributed by atoms with van der Waals surface area (Å²) in [5.41, 5.74) is 2.15. The highest BCUT2D eigenvalue weighted by Gasteiger charge is 2.39. The predicted octanol–water partition coefficient (Wildman–Crippen LogP) is -0.646. The van der Waals surface area contributed by atoms with Crippen LogP contribution >= 0.6 is 0 Å². The predicted molar refractivity (Wildman–Crippen MR) is 55.7 cm³/mol. The minimum atomic E-state index is -0.137. The topological polar surface area (TPSA) is 78.6 Å². The number of rotatable bonds is 3. The van der Waals surface area contributed by atoms with Crippen molar-refractivity contribution in [1.82, 2.24) is 10.3 Å². The third kappa shape index (κ3) is 2.30. The molecular formula is C10H19N3O2. The Morgan fingerprint density at radius 1 is 1.40 bits per heavy atom. The van der Waals surface area contributed by atoms with Crippen LogP contribution in [0.1, 0.15) is 32.1 Å². The van der Waals surface area contributed by atoms with Gasteiger partial charge in [-0.1, -0.05) is 0 Å². The first kappa shape index (κ1) is 10.9. The van der Waals surface area contributed by atoms with Crippen LogP contribution in [0.15, 0.2) is 0 Å². The number of aliphatic hydroxyl groups excluding tert-OH is 1. The van der Waals surface area contributed by atoms with Crippen molar-refractivity contribution in [1.29, 1.82) is 0 Å². The molecule has 2 aliphatic rings. The number of nitrogens with zero attached hydrogens (tertiary/aromatic N) is 1. The molecule has 0 aromatic heterocycles. The number of fused-ring (bicyclic) bond motifs is 2. The third-order valence-corrected chi connectivity index (χ3v) is 3.62. The fraction of sp³-hybridized carbons (Fsp3) is 0.900. The molecule has 0 aromatic rings. The van der Waals surface area contributed by atoms with E-state index in [4.69, 9.17) is 5.84 Å². The van der Waals surface area contributed by atoms with Gasteiger partial charge in [0.05, 0.1) is 6.10 Å². The molecule has 5 heteroatoms. The Morgan fingerprint density at radius 2 is 2.00 bits per heavy atom. The molecule has 2 aliphatic heterocycles. The molecule has 0 aliphatic carbocycles. The van der Waals surface area contributed by atoms with Gasteiger partial charge in [-0.3, -0.25) is 15.1 Å². The molecule has 2 saturated heterocycles. The largest absolute Gasteiger partial charge is 0.393 e. The Labute approximate surface area is 89.6 Å². The molecule has 2 bridgehead atoms. The molecule has 2 unspecified atom stereocenters. The third-order valence-electron chi connectivity index (χ3n) is 3.62. The van der Waals surface area contributed by atoms with Gasteiger partial charge in [-0.15, -0.1) is 0 Å². The van der Waals surface area contributed by atoms with Gasteiger partial charge in [0, 0.05) is 25.0 Å². The van der Waals surface area contributed by atoms with Crippen LogP contribution in [0.2, 0.25) is 0 Å². The Balaban J connectivity index is 1.86. The second kappa shape index (κ2) is 4.47. The lowest BCUT2D eigenvalue weighted by Gasteiger charge is -2.36. The summed E-state index contributed by atoms with van der Waals surface area (Å²) < 4.78 is 0. The van der Waals surface area contributed by atoms with Crippen molar-refractivity contribution in [2.24, 2.45) is 5.84 Å². The molecule has 2 atom stereocenters. The van der Waals surface area contributed by atoms with Gasteiger partial charge in [0.15, 0.2) is 0 Å². The standard InChI is InChI=1S/C10H19N3O2/c11-12-10(15)3-4-13-7-1-2-8(13)6-9(14)5-7/h7-9,14H,1-6,11H2,(H,12,15). The number of hydrogen-bond acceptors (Lipinski definition) is 4. The number of aliphatic hydroxyl groups is 1. The first-order chi connectivity index (χ1) is 7.20. The normalized spacial score (nSPS) is 35.5. The maximum atomic E-state index is 11.0. The van der Waals surface area contributed by atoms with E-state index in [-0.39, 0.29) is 12.0 Å². The average Bonchev–Trinajstić information content (AvgIpc) is 2.46.